The molecule has 0 N–H and O–H groups in total. The van der Waals surface area contributed by atoms with E-state index < -0.39 is 5.82 Å². The molecule has 0 radical (unpaired) electrons. The van der Waals surface area contributed by atoms with Gasteiger partial charge in [0.05, 0.1) is 28.2 Å². The molecule has 1 fully saturated rings. The van der Waals surface area contributed by atoms with E-state index in [1.807, 2.05) is 49.4 Å². The lowest BCUT2D eigenvalue weighted by atomic mass is 10.00. The van der Waals surface area contributed by atoms with Crippen molar-refractivity contribution in [3.05, 3.63) is 97.7 Å². The maximum atomic E-state index is 14.4. The molecule has 1 saturated heterocycles. The second kappa shape index (κ2) is 9.92. The van der Waals surface area contributed by atoms with E-state index in [0.717, 1.165) is 22.4 Å². The van der Waals surface area contributed by atoms with Gasteiger partial charge in [-0.3, -0.25) is 4.79 Å². The summed E-state index contributed by atoms with van der Waals surface area (Å²) in [5, 5.41) is 1.62. The van der Waals surface area contributed by atoms with Gasteiger partial charge in [-0.1, -0.05) is 59.1 Å². The molecule has 0 saturated carbocycles. The van der Waals surface area contributed by atoms with Crippen molar-refractivity contribution in [2.75, 3.05) is 24.5 Å². The van der Waals surface area contributed by atoms with E-state index in [-0.39, 0.29) is 23.9 Å². The maximum absolute atomic E-state index is 14.4. The normalized spacial score (nSPS) is 16.2. The number of halogens is 4. The number of hydrogen-bond acceptors (Lipinski definition) is 2. The number of aryl methyl sites for hydroxylation is 2. The van der Waals surface area contributed by atoms with Crippen LogP contribution in [0.3, 0.4) is 0 Å². The molecule has 33 heavy (non-hydrogen) atoms. The molecular formula is C26H24Cl3FN2O. The molecule has 1 amide bonds. The SMILES string of the molecule is Cc1ccc(N2CCN(C(=O)Cc3c(F)ccc(C)c3Cl)CC2c2ccc(Cl)cc2)c(Cl)c1. The molecule has 0 aromatic heterocycles. The summed E-state index contributed by atoms with van der Waals surface area (Å²) in [6, 6.07) is 16.4. The molecule has 7 heteroatoms. The standard InChI is InChI=1S/C26H24Cl3FN2O/c1-16-3-10-23(21(28)13-16)32-12-11-31(15-24(32)18-5-7-19(27)8-6-18)25(33)14-20-22(30)9-4-17(2)26(20)29/h3-10,13,24H,11-12,14-15H2,1-2H3. The van der Waals surface area contributed by atoms with Crippen LogP contribution < -0.4 is 4.90 Å². The van der Waals surface area contributed by atoms with Crippen LogP contribution in [-0.2, 0) is 11.2 Å². The number of nitrogens with zero attached hydrogens (tertiary/aromatic N) is 2. The van der Waals surface area contributed by atoms with Crippen LogP contribution in [0.25, 0.3) is 0 Å². The Balaban J connectivity index is 1.63. The van der Waals surface area contributed by atoms with Gasteiger partial charge in [0.25, 0.3) is 0 Å². The molecule has 172 valence electrons. The molecule has 0 aliphatic carbocycles. The monoisotopic (exact) mass is 504 g/mol. The van der Waals surface area contributed by atoms with Gasteiger partial charge in [0.15, 0.2) is 0 Å². The van der Waals surface area contributed by atoms with Crippen LogP contribution in [-0.4, -0.2) is 30.4 Å². The quantitative estimate of drug-likeness (QED) is 0.380. The highest BCUT2D eigenvalue weighted by molar-refractivity contribution is 6.33. The molecule has 1 aliphatic rings. The van der Waals surface area contributed by atoms with Gasteiger partial charge in [-0.05, 0) is 60.9 Å². The minimum Gasteiger partial charge on any atom is -0.360 e. The van der Waals surface area contributed by atoms with Gasteiger partial charge >= 0.3 is 0 Å². The highest BCUT2D eigenvalue weighted by Gasteiger charge is 2.32. The predicted octanol–water partition coefficient (Wildman–Crippen LogP) is 7.04. The van der Waals surface area contributed by atoms with Crippen molar-refractivity contribution in [3.63, 3.8) is 0 Å². The van der Waals surface area contributed by atoms with E-state index in [0.29, 0.717) is 34.7 Å². The summed E-state index contributed by atoms with van der Waals surface area (Å²) in [4.78, 5) is 17.2. The predicted molar refractivity (Wildman–Crippen MR) is 134 cm³/mol. The van der Waals surface area contributed by atoms with Crippen molar-refractivity contribution in [2.24, 2.45) is 0 Å². The lowest BCUT2D eigenvalue weighted by molar-refractivity contribution is -0.131. The van der Waals surface area contributed by atoms with Crippen LogP contribution in [0.1, 0.15) is 28.3 Å². The average molecular weight is 506 g/mol. The van der Waals surface area contributed by atoms with E-state index in [2.05, 4.69) is 4.90 Å². The van der Waals surface area contributed by atoms with E-state index in [9.17, 15) is 9.18 Å². The number of hydrogen-bond donors (Lipinski definition) is 0. The summed E-state index contributed by atoms with van der Waals surface area (Å²) >= 11 is 19.0. The Kier molecular flexibility index (Phi) is 7.18. The third kappa shape index (κ3) is 5.13. The van der Waals surface area contributed by atoms with Gasteiger partial charge in [0.2, 0.25) is 5.91 Å². The number of anilines is 1. The fourth-order valence-electron chi connectivity index (χ4n) is 4.25. The fourth-order valence-corrected chi connectivity index (χ4v) is 4.94. The molecule has 4 rings (SSSR count). The summed E-state index contributed by atoms with van der Waals surface area (Å²) in [6.45, 7) is 5.33. The third-order valence-electron chi connectivity index (χ3n) is 6.11. The average Bonchev–Trinajstić information content (AvgIpc) is 2.79. The number of carbonyl (C=O) groups is 1. The topological polar surface area (TPSA) is 23.6 Å². The van der Waals surface area contributed by atoms with Crippen LogP contribution >= 0.6 is 34.8 Å². The van der Waals surface area contributed by atoms with Crippen LogP contribution in [0.5, 0.6) is 0 Å². The van der Waals surface area contributed by atoms with E-state index in [4.69, 9.17) is 34.8 Å². The lowest BCUT2D eigenvalue weighted by Gasteiger charge is -2.43. The van der Waals surface area contributed by atoms with Gasteiger partial charge < -0.3 is 9.80 Å². The van der Waals surface area contributed by atoms with E-state index in [1.54, 1.807) is 17.9 Å². The Labute approximate surface area is 208 Å². The summed E-state index contributed by atoms with van der Waals surface area (Å²) in [6.07, 6.45) is -0.0784. The van der Waals surface area contributed by atoms with Gasteiger partial charge in [0, 0.05) is 30.2 Å². The Morgan fingerprint density at radius 3 is 2.42 bits per heavy atom. The second-order valence-electron chi connectivity index (χ2n) is 8.39. The second-order valence-corrected chi connectivity index (χ2v) is 9.61. The fraction of sp³-hybridized carbons (Fsp3) is 0.269. The van der Waals surface area contributed by atoms with Gasteiger partial charge in [-0.2, -0.15) is 0 Å². The summed E-state index contributed by atoms with van der Waals surface area (Å²) in [5.41, 5.74) is 4.01. The number of benzene rings is 3. The van der Waals surface area contributed by atoms with E-state index >= 15 is 0 Å². The number of rotatable bonds is 4. The van der Waals surface area contributed by atoms with E-state index in [1.165, 1.54) is 6.07 Å². The number of piperazine rings is 1. The van der Waals surface area contributed by atoms with Crippen LogP contribution in [0.15, 0.2) is 54.6 Å². The van der Waals surface area contributed by atoms with Crippen LogP contribution in [0.4, 0.5) is 10.1 Å². The zero-order chi connectivity index (χ0) is 23.7. The summed E-state index contributed by atoms with van der Waals surface area (Å²) < 4.78 is 14.4. The molecule has 0 bridgehead atoms. The minimum absolute atomic E-state index is 0.0784. The molecular weight excluding hydrogens is 482 g/mol. The lowest BCUT2D eigenvalue weighted by Crippen LogP contribution is -2.51. The molecule has 1 heterocycles. The molecule has 1 atom stereocenters. The Bertz CT molecular complexity index is 1180. The Hall–Kier alpha value is -2.27. The molecule has 1 unspecified atom stereocenters. The number of carbonyl (C=O) groups excluding carboxylic acids is 1. The van der Waals surface area contributed by atoms with Crippen molar-refractivity contribution >= 4 is 46.4 Å². The van der Waals surface area contributed by atoms with Crippen molar-refractivity contribution in [2.45, 2.75) is 26.3 Å². The first-order valence-corrected chi connectivity index (χ1v) is 11.9. The minimum atomic E-state index is -0.460. The molecule has 0 spiro atoms. The first-order chi connectivity index (χ1) is 15.7. The molecule has 3 aromatic rings. The molecule has 3 nitrogen and oxygen atoms in total. The van der Waals surface area contributed by atoms with Gasteiger partial charge in [-0.15, -0.1) is 0 Å². The van der Waals surface area contributed by atoms with Crippen molar-refractivity contribution in [1.29, 1.82) is 0 Å². The zero-order valence-electron chi connectivity index (χ0n) is 18.4. The number of amides is 1. The summed E-state index contributed by atoms with van der Waals surface area (Å²) in [5.74, 6) is -0.617. The highest BCUT2D eigenvalue weighted by Crippen LogP contribution is 2.36. The largest absolute Gasteiger partial charge is 0.360 e. The Morgan fingerprint density at radius 1 is 1.00 bits per heavy atom. The molecule has 1 aliphatic heterocycles. The van der Waals surface area contributed by atoms with Crippen LogP contribution in [0, 0.1) is 19.7 Å². The highest BCUT2D eigenvalue weighted by atomic mass is 35.5. The van der Waals surface area contributed by atoms with Gasteiger partial charge in [0.1, 0.15) is 5.82 Å². The van der Waals surface area contributed by atoms with Crippen molar-refractivity contribution in [3.8, 4) is 0 Å². The third-order valence-corrected chi connectivity index (χ3v) is 7.19. The first-order valence-electron chi connectivity index (χ1n) is 10.7. The van der Waals surface area contributed by atoms with Gasteiger partial charge in [-0.25, -0.2) is 4.39 Å². The van der Waals surface area contributed by atoms with Crippen molar-refractivity contribution < 1.29 is 9.18 Å². The zero-order valence-corrected chi connectivity index (χ0v) is 20.7. The smallest absolute Gasteiger partial charge is 0.227 e. The first kappa shape index (κ1) is 23.9. The molecule has 3 aromatic carbocycles. The van der Waals surface area contributed by atoms with Crippen LogP contribution in [0.2, 0.25) is 15.1 Å². The van der Waals surface area contributed by atoms with Crippen molar-refractivity contribution in [1.82, 2.24) is 4.90 Å². The Morgan fingerprint density at radius 2 is 1.73 bits per heavy atom. The maximum Gasteiger partial charge on any atom is 0.227 e. The summed E-state index contributed by atoms with van der Waals surface area (Å²) in [7, 11) is 0.